The van der Waals surface area contributed by atoms with Gasteiger partial charge in [0.05, 0.1) is 11.3 Å². The van der Waals surface area contributed by atoms with Crippen LogP contribution in [0.2, 0.25) is 5.15 Å². The molecule has 2 nitrogen and oxygen atoms in total. The number of rotatable bonds is 3. The fourth-order valence-corrected chi connectivity index (χ4v) is 1.94. The number of nitrogens with zero attached hydrogens (tertiary/aromatic N) is 1. The lowest BCUT2D eigenvalue weighted by atomic mass is 10.1. The normalized spacial score (nSPS) is 11.5. The molecule has 1 aromatic carbocycles. The van der Waals surface area contributed by atoms with Gasteiger partial charge < -0.3 is 5.32 Å². The molecule has 0 bridgehead atoms. The molecule has 0 radical (unpaired) electrons. The van der Waals surface area contributed by atoms with Crippen molar-refractivity contribution >= 4 is 17.3 Å². The first-order valence-electron chi connectivity index (χ1n) is 5.99. The summed E-state index contributed by atoms with van der Waals surface area (Å²) in [6.45, 7) is 1.89. The molecule has 2 aromatic rings. The minimum Gasteiger partial charge on any atom is -0.378 e. The van der Waals surface area contributed by atoms with Crippen molar-refractivity contribution in [3.63, 3.8) is 0 Å². The van der Waals surface area contributed by atoms with Gasteiger partial charge in [-0.15, -0.1) is 0 Å². The summed E-state index contributed by atoms with van der Waals surface area (Å²) < 4.78 is 51.0. The number of benzene rings is 1. The van der Waals surface area contributed by atoms with Crippen LogP contribution in [-0.2, 0) is 12.7 Å². The predicted molar refractivity (Wildman–Crippen MR) is 72.7 cm³/mol. The van der Waals surface area contributed by atoms with Crippen LogP contribution in [0, 0.1) is 12.7 Å². The fraction of sp³-hybridized carbons (Fsp3) is 0.214. The van der Waals surface area contributed by atoms with Gasteiger partial charge in [0, 0.05) is 12.7 Å². The van der Waals surface area contributed by atoms with Gasteiger partial charge in [-0.2, -0.15) is 13.2 Å². The van der Waals surface area contributed by atoms with E-state index < -0.39 is 17.6 Å². The number of halogens is 5. The van der Waals surface area contributed by atoms with Crippen LogP contribution in [0.3, 0.4) is 0 Å². The van der Waals surface area contributed by atoms with Crippen molar-refractivity contribution in [2.75, 3.05) is 5.32 Å². The molecule has 0 aliphatic heterocycles. The largest absolute Gasteiger partial charge is 0.419 e. The van der Waals surface area contributed by atoms with E-state index in [0.717, 1.165) is 17.7 Å². The molecule has 0 aliphatic carbocycles. The summed E-state index contributed by atoms with van der Waals surface area (Å²) in [4.78, 5) is 3.92. The quantitative estimate of drug-likeness (QED) is 0.648. The number of pyridine rings is 1. The van der Waals surface area contributed by atoms with Gasteiger partial charge >= 0.3 is 6.18 Å². The van der Waals surface area contributed by atoms with E-state index in [1.54, 1.807) is 12.3 Å². The van der Waals surface area contributed by atoms with Crippen LogP contribution >= 0.6 is 11.6 Å². The van der Waals surface area contributed by atoms with Crippen molar-refractivity contribution in [3.8, 4) is 0 Å². The van der Waals surface area contributed by atoms with Crippen LogP contribution in [0.1, 0.15) is 16.7 Å². The molecule has 0 unspecified atom stereocenters. The summed E-state index contributed by atoms with van der Waals surface area (Å²) in [5, 5.41) is 3.11. The number of alkyl halides is 3. The molecule has 0 aliphatic rings. The van der Waals surface area contributed by atoms with E-state index in [9.17, 15) is 17.6 Å². The minimum absolute atomic E-state index is 0.0776. The van der Waals surface area contributed by atoms with Crippen LogP contribution in [0.25, 0.3) is 0 Å². The maximum absolute atomic E-state index is 13.2. The summed E-state index contributed by atoms with van der Waals surface area (Å²) in [6, 6.07) is 4.59. The molecule has 0 amide bonds. The molecule has 1 heterocycles. The first-order chi connectivity index (χ1) is 9.77. The van der Waals surface area contributed by atoms with Crippen LogP contribution in [0.5, 0.6) is 0 Å². The standard InChI is InChI=1S/C14H11ClF4N2/c1-8-4-12(13(15)21-6-8)20-7-9-2-3-11(16)10(5-9)14(17,18)19/h2-6,20H,7H2,1H3. The third kappa shape index (κ3) is 3.85. The van der Waals surface area contributed by atoms with E-state index in [4.69, 9.17) is 11.6 Å². The smallest absolute Gasteiger partial charge is 0.378 e. The molecule has 0 fully saturated rings. The Morgan fingerprint density at radius 3 is 2.62 bits per heavy atom. The fourth-order valence-electron chi connectivity index (χ4n) is 1.77. The second-order valence-corrected chi connectivity index (χ2v) is 4.87. The third-order valence-electron chi connectivity index (χ3n) is 2.79. The maximum Gasteiger partial charge on any atom is 0.419 e. The van der Waals surface area contributed by atoms with Crippen LogP contribution in [-0.4, -0.2) is 4.98 Å². The summed E-state index contributed by atoms with van der Waals surface area (Å²) in [6.07, 6.45) is -3.14. The molecule has 0 spiro atoms. The van der Waals surface area contributed by atoms with Gasteiger partial charge in [0.15, 0.2) is 5.15 Å². The topological polar surface area (TPSA) is 24.9 Å². The first kappa shape index (κ1) is 15.6. The molecule has 0 atom stereocenters. The van der Waals surface area contributed by atoms with Gasteiger partial charge in [-0.3, -0.25) is 0 Å². The monoisotopic (exact) mass is 318 g/mol. The average Bonchev–Trinajstić information content (AvgIpc) is 2.40. The Labute approximate surface area is 123 Å². The minimum atomic E-state index is -4.72. The van der Waals surface area contributed by atoms with Gasteiger partial charge in [0.1, 0.15) is 5.82 Å². The van der Waals surface area contributed by atoms with Crippen LogP contribution in [0.4, 0.5) is 23.2 Å². The maximum atomic E-state index is 13.2. The van der Waals surface area contributed by atoms with Crippen molar-refractivity contribution in [2.45, 2.75) is 19.6 Å². The Bertz CT molecular complexity index is 656. The summed E-state index contributed by atoms with van der Waals surface area (Å²) in [5.74, 6) is -1.29. The summed E-state index contributed by atoms with van der Waals surface area (Å²) >= 11 is 5.88. The number of hydrogen-bond donors (Lipinski definition) is 1. The van der Waals surface area contributed by atoms with E-state index in [2.05, 4.69) is 10.3 Å². The molecule has 112 valence electrons. The lowest BCUT2D eigenvalue weighted by molar-refractivity contribution is -0.140. The number of aryl methyl sites for hydroxylation is 1. The Balaban J connectivity index is 2.19. The van der Waals surface area contributed by atoms with E-state index >= 15 is 0 Å². The Kier molecular flexibility index (Phi) is 4.37. The Morgan fingerprint density at radius 1 is 1.24 bits per heavy atom. The van der Waals surface area contributed by atoms with E-state index in [1.807, 2.05) is 6.92 Å². The average molecular weight is 319 g/mol. The number of aromatic nitrogens is 1. The molecule has 21 heavy (non-hydrogen) atoms. The van der Waals surface area contributed by atoms with Crippen LogP contribution < -0.4 is 5.32 Å². The number of hydrogen-bond acceptors (Lipinski definition) is 2. The zero-order valence-corrected chi connectivity index (χ0v) is 11.7. The van der Waals surface area contributed by atoms with Crippen LogP contribution in [0.15, 0.2) is 30.5 Å². The highest BCUT2D eigenvalue weighted by Crippen LogP contribution is 2.32. The lowest BCUT2D eigenvalue weighted by Crippen LogP contribution is -2.10. The molecule has 2 rings (SSSR count). The highest BCUT2D eigenvalue weighted by Gasteiger charge is 2.34. The zero-order chi connectivity index (χ0) is 15.6. The SMILES string of the molecule is Cc1cnc(Cl)c(NCc2ccc(F)c(C(F)(F)F)c2)c1. The van der Waals surface area contributed by atoms with Gasteiger partial charge in [-0.1, -0.05) is 17.7 Å². The zero-order valence-electron chi connectivity index (χ0n) is 10.9. The third-order valence-corrected chi connectivity index (χ3v) is 3.10. The van der Waals surface area contributed by atoms with Crippen molar-refractivity contribution < 1.29 is 17.6 Å². The van der Waals surface area contributed by atoms with Gasteiger partial charge in [0.2, 0.25) is 0 Å². The van der Waals surface area contributed by atoms with Gasteiger partial charge in [-0.05, 0) is 36.2 Å². The second-order valence-electron chi connectivity index (χ2n) is 4.52. The van der Waals surface area contributed by atoms with Crippen molar-refractivity contribution in [3.05, 3.63) is 58.1 Å². The second kappa shape index (κ2) is 5.89. The van der Waals surface area contributed by atoms with E-state index in [0.29, 0.717) is 11.3 Å². The molecule has 0 saturated heterocycles. The molecular weight excluding hydrogens is 308 g/mol. The Morgan fingerprint density at radius 2 is 1.95 bits per heavy atom. The van der Waals surface area contributed by atoms with E-state index in [1.165, 1.54) is 6.07 Å². The van der Waals surface area contributed by atoms with Crippen molar-refractivity contribution in [2.24, 2.45) is 0 Å². The Hall–Kier alpha value is -1.82. The molecule has 1 aromatic heterocycles. The number of nitrogens with one attached hydrogen (secondary N) is 1. The van der Waals surface area contributed by atoms with Crippen molar-refractivity contribution in [1.82, 2.24) is 4.98 Å². The van der Waals surface area contributed by atoms with Gasteiger partial charge in [0.25, 0.3) is 0 Å². The highest BCUT2D eigenvalue weighted by atomic mass is 35.5. The molecule has 1 N–H and O–H groups in total. The van der Waals surface area contributed by atoms with E-state index in [-0.39, 0.29) is 11.7 Å². The predicted octanol–water partition coefficient (Wildman–Crippen LogP) is 4.81. The first-order valence-corrected chi connectivity index (χ1v) is 6.37. The summed E-state index contributed by atoms with van der Waals surface area (Å²) in [5.41, 5.74) is 0.378. The lowest BCUT2D eigenvalue weighted by Gasteiger charge is -2.12. The van der Waals surface area contributed by atoms with Gasteiger partial charge in [-0.25, -0.2) is 9.37 Å². The number of anilines is 1. The highest BCUT2D eigenvalue weighted by molar-refractivity contribution is 6.31. The molecule has 7 heteroatoms. The molecular formula is C14H11ClF4N2. The molecule has 0 saturated carbocycles. The summed E-state index contributed by atoms with van der Waals surface area (Å²) in [7, 11) is 0. The van der Waals surface area contributed by atoms with Crippen molar-refractivity contribution in [1.29, 1.82) is 0 Å².